The normalized spacial score (nSPS) is 14.4. The topological polar surface area (TPSA) is 128 Å². The Morgan fingerprint density at radius 2 is 1.88 bits per heavy atom. The van der Waals surface area contributed by atoms with E-state index in [-0.39, 0.29) is 36.7 Å². The number of pyridine rings is 1. The Hall–Kier alpha value is -4.60. The number of nitrogens with one attached hydrogen (secondary N) is 2. The molecule has 0 radical (unpaired) electrons. The standard InChI is InChI=1S/C30H25ClN4O5/c31-14-19-16-35(25-13-26(37)21-3-1-2-4-22(21)28(19)25)30(39)23-11-18-12-27(32-15-24(18)33-23)34-29(38)17-5-7-20(8-6-17)40-10-9-36/h1-8,11-13,15,19,33,36-37H,9-10,14,16H2,(H,32,34,38)/t19-/m1/s1. The number of aliphatic hydroxyl groups excluding tert-OH is 1. The highest BCUT2D eigenvalue weighted by atomic mass is 35.5. The highest BCUT2D eigenvalue weighted by Gasteiger charge is 2.35. The number of H-pyrrole nitrogens is 1. The number of aliphatic hydroxyl groups is 1. The van der Waals surface area contributed by atoms with Crippen LogP contribution in [0.15, 0.2) is 72.9 Å². The lowest BCUT2D eigenvalue weighted by Crippen LogP contribution is -2.30. The van der Waals surface area contributed by atoms with Gasteiger partial charge in [-0.05, 0) is 47.3 Å². The van der Waals surface area contributed by atoms with Crippen molar-refractivity contribution in [3.8, 4) is 11.5 Å². The summed E-state index contributed by atoms with van der Waals surface area (Å²) in [5, 5.41) is 24.6. The number of aromatic nitrogens is 2. The monoisotopic (exact) mass is 556 g/mol. The van der Waals surface area contributed by atoms with Crippen molar-refractivity contribution in [3.05, 3.63) is 89.7 Å². The third-order valence-corrected chi connectivity index (χ3v) is 7.40. The van der Waals surface area contributed by atoms with Crippen LogP contribution in [0.2, 0.25) is 0 Å². The highest BCUT2D eigenvalue weighted by molar-refractivity contribution is 6.19. The minimum Gasteiger partial charge on any atom is -0.507 e. The van der Waals surface area contributed by atoms with E-state index in [2.05, 4.69) is 15.3 Å². The van der Waals surface area contributed by atoms with Gasteiger partial charge in [0.2, 0.25) is 0 Å². The summed E-state index contributed by atoms with van der Waals surface area (Å²) in [5.41, 5.74) is 3.01. The minimum atomic E-state index is -0.347. The van der Waals surface area contributed by atoms with Gasteiger partial charge in [0.1, 0.15) is 29.6 Å². The Labute approximate surface area is 234 Å². The van der Waals surface area contributed by atoms with E-state index in [0.29, 0.717) is 51.8 Å². The molecule has 5 aromatic rings. The fourth-order valence-corrected chi connectivity index (χ4v) is 5.41. The first-order valence-electron chi connectivity index (χ1n) is 12.7. The van der Waals surface area contributed by atoms with E-state index in [1.54, 1.807) is 53.6 Å². The van der Waals surface area contributed by atoms with Gasteiger partial charge in [-0.2, -0.15) is 0 Å². The number of nitrogens with zero attached hydrogens (tertiary/aromatic N) is 2. The maximum absolute atomic E-state index is 13.7. The number of aromatic amines is 1. The van der Waals surface area contributed by atoms with E-state index in [1.807, 2.05) is 24.3 Å². The van der Waals surface area contributed by atoms with Crippen molar-refractivity contribution in [3.63, 3.8) is 0 Å². The Morgan fingerprint density at radius 3 is 2.62 bits per heavy atom. The van der Waals surface area contributed by atoms with Crippen molar-refractivity contribution >= 4 is 56.6 Å². The molecule has 0 spiro atoms. The number of carbonyl (C=O) groups excluding carboxylic acids is 2. The van der Waals surface area contributed by atoms with Crippen molar-refractivity contribution in [2.45, 2.75) is 5.92 Å². The first-order valence-corrected chi connectivity index (χ1v) is 13.3. The SMILES string of the molecule is O=C(Nc1cc2cc(C(=O)N3C[C@@H](CCl)c4c3cc(O)c3ccccc43)[nH]c2cn1)c1ccc(OCCO)cc1. The first kappa shape index (κ1) is 25.7. The van der Waals surface area contributed by atoms with Gasteiger partial charge in [-0.25, -0.2) is 4.98 Å². The van der Waals surface area contributed by atoms with Gasteiger partial charge >= 0.3 is 0 Å². The number of hydrogen-bond donors (Lipinski definition) is 4. The molecule has 6 rings (SSSR count). The Morgan fingerprint density at radius 1 is 1.10 bits per heavy atom. The summed E-state index contributed by atoms with van der Waals surface area (Å²) in [6.45, 7) is 0.473. The molecule has 9 nitrogen and oxygen atoms in total. The zero-order chi connectivity index (χ0) is 27.8. The summed E-state index contributed by atoms with van der Waals surface area (Å²) in [7, 11) is 0. The fourth-order valence-electron chi connectivity index (χ4n) is 5.16. The second-order valence-electron chi connectivity index (χ2n) is 9.53. The van der Waals surface area contributed by atoms with Crippen molar-refractivity contribution in [1.29, 1.82) is 0 Å². The van der Waals surface area contributed by atoms with Crippen LogP contribution >= 0.6 is 11.6 Å². The Kier molecular flexibility index (Phi) is 6.75. The first-order chi connectivity index (χ1) is 19.5. The van der Waals surface area contributed by atoms with Crippen LogP contribution in [0.5, 0.6) is 11.5 Å². The number of benzene rings is 3. The smallest absolute Gasteiger partial charge is 0.274 e. The molecule has 3 aromatic carbocycles. The molecule has 2 aromatic heterocycles. The molecule has 40 heavy (non-hydrogen) atoms. The van der Waals surface area contributed by atoms with Gasteiger partial charge in [0, 0.05) is 40.7 Å². The van der Waals surface area contributed by atoms with Crippen LogP contribution in [-0.4, -0.2) is 57.6 Å². The number of aromatic hydroxyl groups is 1. The average Bonchev–Trinajstić information content (AvgIpc) is 3.57. The molecule has 202 valence electrons. The van der Waals surface area contributed by atoms with Gasteiger partial charge in [0.15, 0.2) is 0 Å². The van der Waals surface area contributed by atoms with Crippen LogP contribution < -0.4 is 15.0 Å². The van der Waals surface area contributed by atoms with Crippen LogP contribution in [0.4, 0.5) is 11.5 Å². The Balaban J connectivity index is 1.24. The predicted octanol–water partition coefficient (Wildman–Crippen LogP) is 5.03. The molecule has 1 aliphatic heterocycles. The van der Waals surface area contributed by atoms with Gasteiger partial charge in [-0.3, -0.25) is 9.59 Å². The quantitative estimate of drug-likeness (QED) is 0.208. The van der Waals surface area contributed by atoms with Crippen LogP contribution in [0.1, 0.15) is 32.3 Å². The number of amides is 2. The highest BCUT2D eigenvalue weighted by Crippen LogP contribution is 2.45. The van der Waals surface area contributed by atoms with Gasteiger partial charge in [0.25, 0.3) is 11.8 Å². The Bertz CT molecular complexity index is 1750. The van der Waals surface area contributed by atoms with Gasteiger partial charge in [-0.1, -0.05) is 24.3 Å². The zero-order valence-corrected chi connectivity index (χ0v) is 22.0. The third-order valence-electron chi connectivity index (χ3n) is 7.03. The number of hydrogen-bond acceptors (Lipinski definition) is 6. The van der Waals surface area contributed by atoms with Crippen LogP contribution in [0.3, 0.4) is 0 Å². The number of halogens is 1. The molecule has 3 heterocycles. The lowest BCUT2D eigenvalue weighted by molar-refractivity contribution is 0.0983. The fraction of sp³-hybridized carbons (Fsp3) is 0.167. The minimum absolute atomic E-state index is 0.0747. The molecule has 1 atom stereocenters. The summed E-state index contributed by atoms with van der Waals surface area (Å²) in [6, 6.07) is 19.1. The van der Waals surface area contributed by atoms with Gasteiger partial charge in [0.05, 0.1) is 24.0 Å². The van der Waals surface area contributed by atoms with Crippen molar-refractivity contribution in [1.82, 2.24) is 9.97 Å². The largest absolute Gasteiger partial charge is 0.507 e. The number of rotatable bonds is 7. The van der Waals surface area contributed by atoms with Gasteiger partial charge in [-0.15, -0.1) is 11.6 Å². The maximum atomic E-state index is 13.7. The number of anilines is 2. The van der Waals surface area contributed by atoms with Crippen LogP contribution in [0, 0.1) is 0 Å². The summed E-state index contributed by atoms with van der Waals surface area (Å²) in [4.78, 5) is 35.5. The second kappa shape index (κ2) is 10.5. The molecule has 4 N–H and O–H groups in total. The van der Waals surface area contributed by atoms with Crippen LogP contribution in [-0.2, 0) is 0 Å². The number of phenols is 1. The average molecular weight is 557 g/mol. The zero-order valence-electron chi connectivity index (χ0n) is 21.2. The lowest BCUT2D eigenvalue weighted by Gasteiger charge is -2.17. The van der Waals surface area contributed by atoms with E-state index in [9.17, 15) is 14.7 Å². The van der Waals surface area contributed by atoms with E-state index >= 15 is 0 Å². The van der Waals surface area contributed by atoms with Crippen molar-refractivity contribution < 1.29 is 24.5 Å². The molecule has 0 fully saturated rings. The number of phenolic OH excluding ortho intramolecular Hbond substituents is 1. The molecule has 0 saturated carbocycles. The predicted molar refractivity (Wildman–Crippen MR) is 154 cm³/mol. The summed E-state index contributed by atoms with van der Waals surface area (Å²) in [6.07, 6.45) is 1.56. The number of ether oxygens (including phenoxy) is 1. The van der Waals surface area contributed by atoms with Crippen LogP contribution in [0.25, 0.3) is 21.7 Å². The van der Waals surface area contributed by atoms with E-state index < -0.39 is 0 Å². The number of alkyl halides is 1. The molecule has 0 unspecified atom stereocenters. The van der Waals surface area contributed by atoms with E-state index in [0.717, 1.165) is 16.3 Å². The van der Waals surface area contributed by atoms with E-state index in [4.69, 9.17) is 21.4 Å². The molecule has 0 aliphatic carbocycles. The summed E-state index contributed by atoms with van der Waals surface area (Å²) < 4.78 is 5.32. The molecule has 0 saturated heterocycles. The molecule has 2 amide bonds. The van der Waals surface area contributed by atoms with E-state index in [1.165, 1.54) is 0 Å². The summed E-state index contributed by atoms with van der Waals surface area (Å²) in [5.74, 6) is 0.653. The number of carbonyl (C=O) groups is 2. The number of fused-ring (bicyclic) bond motifs is 4. The maximum Gasteiger partial charge on any atom is 0.274 e. The lowest BCUT2D eigenvalue weighted by atomic mass is 9.95. The molecule has 0 bridgehead atoms. The molecule has 1 aliphatic rings. The molecule has 10 heteroatoms. The molecular weight excluding hydrogens is 532 g/mol. The third kappa shape index (κ3) is 4.59. The van der Waals surface area contributed by atoms with Crippen molar-refractivity contribution in [2.75, 3.05) is 35.9 Å². The molecular formula is C30H25ClN4O5. The van der Waals surface area contributed by atoms with Gasteiger partial charge < -0.3 is 30.2 Å². The second-order valence-corrected chi connectivity index (χ2v) is 9.84. The summed E-state index contributed by atoms with van der Waals surface area (Å²) >= 11 is 6.32. The van der Waals surface area contributed by atoms with Crippen molar-refractivity contribution in [2.24, 2.45) is 0 Å².